The van der Waals surface area contributed by atoms with Gasteiger partial charge in [-0.2, -0.15) is 0 Å². The quantitative estimate of drug-likeness (QED) is 0.190. The van der Waals surface area contributed by atoms with E-state index in [1.807, 2.05) is 62.6 Å². The van der Waals surface area contributed by atoms with Crippen molar-refractivity contribution in [1.82, 2.24) is 19.6 Å². The molecule has 0 spiro atoms. The number of carbonyl (C=O) groups excluding carboxylic acids is 1. The summed E-state index contributed by atoms with van der Waals surface area (Å²) in [4.78, 5) is 31.0. The number of sulfone groups is 1. The van der Waals surface area contributed by atoms with E-state index in [-0.39, 0.29) is 11.4 Å². The van der Waals surface area contributed by atoms with E-state index in [9.17, 15) is 23.1 Å². The van der Waals surface area contributed by atoms with Crippen molar-refractivity contribution >= 4 is 65.6 Å². The standard InChI is InChI=1S/C23H29BrN2O4S.C19H21BrN2O2S/c1-22(2,3)30-21(27)26-15-14-17-8-6-7-9-20(17)23(16-26,25(4)5)31(28,29)19-12-10-18(24)11-13-19;1-21(2)19(25-16-9-7-15(20)8-10-16)13-22(18(23)24)12-11-14-5-3-4-6-17(14)19/h6-13H,14-16H2,1-5H3;3-10H,11-13H2,1-2H3,(H,23,24). The van der Waals surface area contributed by atoms with Crippen LogP contribution < -0.4 is 0 Å². The number of ether oxygens (including phenoxy) is 1. The molecule has 0 bridgehead atoms. The third-order valence-electron chi connectivity index (χ3n) is 10.0. The molecule has 56 heavy (non-hydrogen) atoms. The number of carbonyl (C=O) groups is 2. The van der Waals surface area contributed by atoms with Crippen molar-refractivity contribution in [3.63, 3.8) is 0 Å². The topological polar surface area (TPSA) is 111 Å². The molecule has 0 saturated heterocycles. The number of nitrogens with zero attached hydrogens (tertiary/aromatic N) is 4. The maximum Gasteiger partial charge on any atom is 0.410 e. The summed E-state index contributed by atoms with van der Waals surface area (Å²) in [5.41, 5.74) is 3.32. The first kappa shape index (κ1) is 43.7. The number of amides is 2. The second kappa shape index (κ2) is 17.6. The molecule has 4 aromatic carbocycles. The molecule has 2 unspecified atom stereocenters. The first-order chi connectivity index (χ1) is 26.3. The van der Waals surface area contributed by atoms with Crippen LogP contribution in [0.3, 0.4) is 0 Å². The minimum atomic E-state index is -3.93. The second-order valence-corrected chi connectivity index (χ2v) is 20.6. The number of rotatable bonds is 6. The number of likely N-dealkylation sites (N-methyl/N-ethyl adjacent to an activating group) is 2. The van der Waals surface area contributed by atoms with E-state index in [1.165, 1.54) is 20.9 Å². The molecule has 10 nitrogen and oxygen atoms in total. The Morgan fingerprint density at radius 2 is 1.23 bits per heavy atom. The third-order valence-corrected chi connectivity index (χ3v) is 15.1. The van der Waals surface area contributed by atoms with Gasteiger partial charge >= 0.3 is 12.2 Å². The summed E-state index contributed by atoms with van der Waals surface area (Å²) >= 11 is 8.55. The zero-order valence-corrected chi connectivity index (χ0v) is 37.6. The van der Waals surface area contributed by atoms with Crippen LogP contribution in [-0.4, -0.2) is 105 Å². The van der Waals surface area contributed by atoms with E-state index in [2.05, 4.69) is 61.0 Å². The maximum absolute atomic E-state index is 14.2. The van der Waals surface area contributed by atoms with Crippen LogP contribution in [0.15, 0.2) is 116 Å². The van der Waals surface area contributed by atoms with Gasteiger partial charge in [0.2, 0.25) is 9.84 Å². The zero-order chi connectivity index (χ0) is 41.1. The minimum absolute atomic E-state index is 0.0374. The third kappa shape index (κ3) is 9.32. The highest BCUT2D eigenvalue weighted by molar-refractivity contribution is 9.10. The maximum atomic E-state index is 14.2. The molecule has 1 N–H and O–H groups in total. The van der Waals surface area contributed by atoms with E-state index < -0.39 is 37.4 Å². The number of hydrogen-bond donors (Lipinski definition) is 1. The average molecular weight is 931 g/mol. The van der Waals surface area contributed by atoms with Gasteiger partial charge in [0.05, 0.1) is 18.0 Å². The molecule has 6 rings (SSSR count). The average Bonchev–Trinajstić information content (AvgIpc) is 3.43. The summed E-state index contributed by atoms with van der Waals surface area (Å²) in [6.45, 7) is 6.68. The molecule has 0 aromatic heterocycles. The Bertz CT molecular complexity index is 2130. The van der Waals surface area contributed by atoms with Crippen LogP contribution in [0.25, 0.3) is 0 Å². The van der Waals surface area contributed by atoms with Gasteiger partial charge in [0.15, 0.2) is 4.87 Å². The molecule has 300 valence electrons. The van der Waals surface area contributed by atoms with Crippen molar-refractivity contribution in [2.45, 2.75) is 58.7 Å². The first-order valence-corrected chi connectivity index (χ1v) is 22.1. The van der Waals surface area contributed by atoms with E-state index in [0.29, 0.717) is 31.6 Å². The molecule has 2 amide bonds. The highest BCUT2D eigenvalue weighted by Gasteiger charge is 2.53. The number of carboxylic acid groups (broad SMARTS) is 1. The molecule has 4 aromatic rings. The lowest BCUT2D eigenvalue weighted by molar-refractivity contribution is 0.0193. The van der Waals surface area contributed by atoms with Crippen LogP contribution in [0, 0.1) is 0 Å². The molecule has 14 heteroatoms. The van der Waals surface area contributed by atoms with Gasteiger partial charge in [0.1, 0.15) is 10.5 Å². The predicted molar refractivity (Wildman–Crippen MR) is 230 cm³/mol. The lowest BCUT2D eigenvalue weighted by atomic mass is 9.98. The summed E-state index contributed by atoms with van der Waals surface area (Å²) in [7, 11) is 3.60. The normalized spacial score (nSPS) is 19.9. The highest BCUT2D eigenvalue weighted by Crippen LogP contribution is 2.47. The van der Waals surface area contributed by atoms with E-state index in [1.54, 1.807) is 75.8 Å². The van der Waals surface area contributed by atoms with Crippen LogP contribution in [-0.2, 0) is 37.2 Å². The minimum Gasteiger partial charge on any atom is -0.465 e. The number of benzene rings is 4. The summed E-state index contributed by atoms with van der Waals surface area (Å²) < 4.78 is 35.8. The van der Waals surface area contributed by atoms with Gasteiger partial charge in [-0.3, -0.25) is 9.80 Å². The summed E-state index contributed by atoms with van der Waals surface area (Å²) in [5.74, 6) is 0. The Morgan fingerprint density at radius 3 is 1.75 bits per heavy atom. The number of hydrogen-bond acceptors (Lipinski definition) is 8. The van der Waals surface area contributed by atoms with Crippen molar-refractivity contribution < 1.29 is 27.9 Å². The van der Waals surface area contributed by atoms with Gasteiger partial charge in [0.25, 0.3) is 0 Å². The van der Waals surface area contributed by atoms with Crippen molar-refractivity contribution in [1.29, 1.82) is 0 Å². The zero-order valence-electron chi connectivity index (χ0n) is 32.8. The van der Waals surface area contributed by atoms with Gasteiger partial charge in [-0.15, -0.1) is 0 Å². The second-order valence-electron chi connectivity index (χ2n) is 15.3. The van der Waals surface area contributed by atoms with E-state index in [4.69, 9.17) is 4.74 Å². The molecule has 2 aliphatic rings. The number of halogens is 2. The molecule has 2 heterocycles. The van der Waals surface area contributed by atoms with Crippen LogP contribution in [0.5, 0.6) is 0 Å². The Hall–Kier alpha value is -3.40. The Labute approximate surface area is 352 Å². The van der Waals surface area contributed by atoms with Gasteiger partial charge in [-0.05, 0) is 133 Å². The lowest BCUT2D eigenvalue weighted by Crippen LogP contribution is -2.56. The molecular formula is C42H50Br2N4O6S2. The predicted octanol–water partition coefficient (Wildman–Crippen LogP) is 8.92. The SMILES string of the molecule is CN(C)C1(S(=O)(=O)c2ccc(Br)cc2)CN(C(=O)OC(C)(C)C)CCc2ccccc21.CN(C)C1(Sc2ccc(Br)cc2)CN(C(=O)O)CCc2ccccc21. The fourth-order valence-electron chi connectivity index (χ4n) is 7.16. The van der Waals surface area contributed by atoms with Crippen molar-refractivity contribution in [2.24, 2.45) is 0 Å². The fraction of sp³-hybridized carbons (Fsp3) is 0.381. The van der Waals surface area contributed by atoms with Crippen LogP contribution in [0.2, 0.25) is 0 Å². The van der Waals surface area contributed by atoms with Gasteiger partial charge in [-0.1, -0.05) is 92.2 Å². The molecular weight excluding hydrogens is 880 g/mol. The van der Waals surface area contributed by atoms with Gasteiger partial charge in [0, 0.05) is 26.9 Å². The summed E-state index contributed by atoms with van der Waals surface area (Å²) in [6.07, 6.45) is -0.104. The van der Waals surface area contributed by atoms with Crippen molar-refractivity contribution in [3.05, 3.63) is 128 Å². The molecule has 2 aliphatic heterocycles. The van der Waals surface area contributed by atoms with Crippen molar-refractivity contribution in [2.75, 3.05) is 54.4 Å². The summed E-state index contributed by atoms with van der Waals surface area (Å²) in [6, 6.07) is 30.6. The largest absolute Gasteiger partial charge is 0.465 e. The Morgan fingerprint density at radius 1 is 0.732 bits per heavy atom. The Balaban J connectivity index is 0.000000219. The molecule has 0 radical (unpaired) electrons. The van der Waals surface area contributed by atoms with Crippen LogP contribution in [0.1, 0.15) is 43.0 Å². The van der Waals surface area contributed by atoms with Crippen LogP contribution in [0.4, 0.5) is 9.59 Å². The summed E-state index contributed by atoms with van der Waals surface area (Å²) in [5, 5.41) is 9.65. The molecule has 0 saturated carbocycles. The lowest BCUT2D eigenvalue weighted by Gasteiger charge is -2.42. The molecule has 0 fully saturated rings. The monoisotopic (exact) mass is 928 g/mol. The van der Waals surface area contributed by atoms with Crippen molar-refractivity contribution in [3.8, 4) is 0 Å². The van der Waals surface area contributed by atoms with Gasteiger partial charge < -0.3 is 19.6 Å². The molecule has 2 atom stereocenters. The van der Waals surface area contributed by atoms with Crippen LogP contribution >= 0.6 is 43.6 Å². The van der Waals surface area contributed by atoms with E-state index in [0.717, 1.165) is 25.8 Å². The smallest absolute Gasteiger partial charge is 0.410 e. The van der Waals surface area contributed by atoms with Gasteiger partial charge in [-0.25, -0.2) is 18.0 Å². The first-order valence-electron chi connectivity index (χ1n) is 18.2. The highest BCUT2D eigenvalue weighted by atomic mass is 79.9. The number of fused-ring (bicyclic) bond motifs is 2. The Kier molecular flexibility index (Phi) is 13.8. The fourth-order valence-corrected chi connectivity index (χ4v) is 11.2. The molecule has 0 aliphatic carbocycles. The number of thioether (sulfide) groups is 1. The van der Waals surface area contributed by atoms with E-state index >= 15 is 0 Å².